The van der Waals surface area contributed by atoms with Crippen LogP contribution in [-0.4, -0.2) is 132 Å². The van der Waals surface area contributed by atoms with Crippen LogP contribution in [0.3, 0.4) is 0 Å². The lowest BCUT2D eigenvalue weighted by Crippen LogP contribution is -2.49. The van der Waals surface area contributed by atoms with Crippen molar-refractivity contribution in [3.8, 4) is 23.3 Å². The molecule has 2 amide bonds. The molecule has 0 spiro atoms. The Balaban J connectivity index is 0.000000157. The third-order valence-corrected chi connectivity index (χ3v) is 24.2. The molecule has 3 heterocycles. The van der Waals surface area contributed by atoms with Crippen LogP contribution < -0.4 is 10.5 Å². The minimum absolute atomic E-state index is 0. The van der Waals surface area contributed by atoms with E-state index >= 15 is 0 Å². The monoisotopic (exact) mass is 1490 g/mol. The summed E-state index contributed by atoms with van der Waals surface area (Å²) in [5.74, 6) is 8.11. The normalized spacial score (nSPS) is 19.4. The van der Waals surface area contributed by atoms with Gasteiger partial charge in [0.05, 0.1) is 19.2 Å². The Morgan fingerprint density at radius 1 is 0.655 bits per heavy atom. The van der Waals surface area contributed by atoms with Crippen LogP contribution in [0.1, 0.15) is 199 Å². The Bertz CT molecular complexity index is 4160. The van der Waals surface area contributed by atoms with Gasteiger partial charge < -0.3 is 35.1 Å². The van der Waals surface area contributed by atoms with Crippen LogP contribution in [0.2, 0.25) is 0 Å². The summed E-state index contributed by atoms with van der Waals surface area (Å²) in [5, 5.41) is 21.8. The van der Waals surface area contributed by atoms with E-state index in [2.05, 4.69) is 172 Å². The average molecular weight is 1490 g/mol. The maximum Gasteiger partial charge on any atom is 0.410 e. The lowest BCUT2D eigenvalue weighted by atomic mass is 9.64. The van der Waals surface area contributed by atoms with E-state index in [0.29, 0.717) is 35.9 Å². The minimum atomic E-state index is -1.58. The number of phenols is 1. The number of carbonyl (C=O) groups is 3. The zero-order valence-electron chi connectivity index (χ0n) is 65.8. The molecule has 13 nitrogen and oxygen atoms in total. The van der Waals surface area contributed by atoms with Crippen LogP contribution in [0.5, 0.6) is 11.5 Å². The Morgan fingerprint density at radius 3 is 1.87 bits per heavy atom. The zero-order valence-corrected chi connectivity index (χ0v) is 65.8. The maximum absolute atomic E-state index is 13.2. The van der Waals surface area contributed by atoms with Crippen molar-refractivity contribution in [2.45, 2.75) is 193 Å². The number of carbonyl (C=O) groups excluding carboxylic acids is 3. The number of phenolic OH excluding ortho intramolecular Hbond substituents is 1. The smallest absolute Gasteiger partial charge is 0.410 e. The fourth-order valence-corrected chi connectivity index (χ4v) is 18.2. The number of esters is 1. The topological polar surface area (TPSA) is 158 Å². The van der Waals surface area contributed by atoms with Crippen molar-refractivity contribution in [2.24, 2.45) is 29.4 Å². The van der Waals surface area contributed by atoms with Crippen molar-refractivity contribution in [3.05, 3.63) is 274 Å². The summed E-state index contributed by atoms with van der Waals surface area (Å²) in [6.45, 7) is 23.2. The minimum Gasteiger partial charge on any atom is -0.508 e. The molecule has 4 saturated carbocycles. The molecule has 13 heteroatoms. The quantitative estimate of drug-likeness (QED) is 0.0413. The summed E-state index contributed by atoms with van der Waals surface area (Å²) in [6.07, 6.45) is 15.9. The van der Waals surface area contributed by atoms with Crippen LogP contribution in [0.15, 0.2) is 212 Å². The van der Waals surface area contributed by atoms with E-state index in [4.69, 9.17) is 19.9 Å². The fraction of sp³-hybridized carbons (Fsp3) is 0.454. The molecule has 3 aliphatic heterocycles. The Labute approximate surface area is 657 Å². The van der Waals surface area contributed by atoms with Crippen molar-refractivity contribution in [1.82, 2.24) is 19.6 Å². The summed E-state index contributed by atoms with van der Waals surface area (Å²) in [4.78, 5) is 48.4. The molecule has 0 radical (unpaired) electrons. The highest BCUT2D eigenvalue weighted by atomic mass is 16.6. The van der Waals surface area contributed by atoms with E-state index in [1.807, 2.05) is 120 Å². The second kappa shape index (κ2) is 40.8. The van der Waals surface area contributed by atoms with Gasteiger partial charge in [0.1, 0.15) is 23.0 Å². The molecule has 0 aromatic heterocycles. The van der Waals surface area contributed by atoms with Crippen molar-refractivity contribution >= 4 is 18.0 Å². The van der Waals surface area contributed by atoms with E-state index in [-0.39, 0.29) is 55.9 Å². The standard InChI is InChI=1S/C28H30N2O2.C24H27NO2.C22H31NO3.C22H31NO.CH4/c29-27(31)28(23-7-3-1-4-8-23,24-9-5-2-6-10-24)25-14-17-30(20-25)16-13-21-11-12-26-22(19-21)15-18-32-26;26-24(27-22-16-17-10-12-19(22)13-11-17)25-15-14-18-6-4-5-9-21(18)23(25)20-7-2-1-3-8-20;1-3-23(4-2)17-11-12-18-26-21(24)22(25,19-13-7-5-8-14-19)20-15-9-6-10-16-20;1-16(2)23(17(3)4)14-13-20(19-9-7-6-8-10-19)21-15-18(5)11-12-22(21)24;/h1-12,19,25H,13-18,20H2,(H2,29,31);1-9,17,19,22-23H,10-16H2;5,7-8,13-14,20,25H,3-4,6,9-10,15-18H2,1-2H3;6-12,15-17,20,24H,13-14H2,1-5H3;1H4/t;17?,19?,22?,23-;;20-;/m.0.1./s1. The van der Waals surface area contributed by atoms with Gasteiger partial charge in [0.25, 0.3) is 0 Å². The number of nitrogens with zero attached hydrogens (tertiary/aromatic N) is 4. The van der Waals surface area contributed by atoms with Crippen molar-refractivity contribution in [1.29, 1.82) is 0 Å². The van der Waals surface area contributed by atoms with Gasteiger partial charge in [-0.15, -0.1) is 0 Å². The van der Waals surface area contributed by atoms with E-state index < -0.39 is 17.0 Å². The molecule has 5 atom stereocenters. The fourth-order valence-electron chi connectivity index (χ4n) is 18.2. The lowest BCUT2D eigenvalue weighted by molar-refractivity contribution is -0.174. The van der Waals surface area contributed by atoms with Gasteiger partial charge in [-0.3, -0.25) is 19.5 Å². The Morgan fingerprint density at radius 2 is 1.26 bits per heavy atom. The summed E-state index contributed by atoms with van der Waals surface area (Å²) < 4.78 is 17.1. The number of nitrogens with two attached hydrogens (primary N) is 1. The Kier molecular flexibility index (Phi) is 30.9. The number of aliphatic hydroxyl groups is 1. The summed E-state index contributed by atoms with van der Waals surface area (Å²) >= 11 is 0. The maximum atomic E-state index is 13.2. The second-order valence-electron chi connectivity index (χ2n) is 31.5. The average Bonchev–Trinajstić information content (AvgIpc) is 1.04. The van der Waals surface area contributed by atoms with Gasteiger partial charge >= 0.3 is 12.1 Å². The van der Waals surface area contributed by atoms with Gasteiger partial charge in [0, 0.05) is 55.5 Å². The molecule has 7 aliphatic rings. The first-order chi connectivity index (χ1) is 53.0. The van der Waals surface area contributed by atoms with Crippen LogP contribution in [0.4, 0.5) is 4.79 Å². The van der Waals surface area contributed by atoms with Crippen LogP contribution in [0, 0.1) is 42.4 Å². The number of primary amides is 1. The summed E-state index contributed by atoms with van der Waals surface area (Å²) in [5.41, 5.74) is 16.3. The number of hydrogen-bond acceptors (Lipinski definition) is 11. The number of rotatable bonds is 23. The molecule has 15 rings (SSSR count). The molecule has 3 unspecified atom stereocenters. The highest BCUT2D eigenvalue weighted by Crippen LogP contribution is 2.47. The van der Waals surface area contributed by atoms with Gasteiger partial charge in [0.15, 0.2) is 12.2 Å². The van der Waals surface area contributed by atoms with Crippen LogP contribution in [0.25, 0.3) is 0 Å². The lowest BCUT2D eigenvalue weighted by Gasteiger charge is -2.43. The number of aryl methyl sites for hydroxylation is 1. The van der Waals surface area contributed by atoms with Gasteiger partial charge in [-0.1, -0.05) is 258 Å². The number of likely N-dealkylation sites (tertiary alicyclic amines) is 1. The number of amides is 2. The molecule has 110 heavy (non-hydrogen) atoms. The van der Waals surface area contributed by atoms with Crippen molar-refractivity contribution in [3.63, 3.8) is 0 Å². The zero-order chi connectivity index (χ0) is 76.7. The number of benzene rings is 8. The van der Waals surface area contributed by atoms with E-state index in [1.54, 1.807) is 0 Å². The predicted molar refractivity (Wildman–Crippen MR) is 445 cm³/mol. The van der Waals surface area contributed by atoms with Crippen molar-refractivity contribution in [2.75, 3.05) is 65.6 Å². The van der Waals surface area contributed by atoms with Crippen LogP contribution in [-0.2, 0) is 49.3 Å². The number of hydrogen-bond donors (Lipinski definition) is 3. The van der Waals surface area contributed by atoms with E-state index in [9.17, 15) is 24.6 Å². The molecule has 4 aliphatic carbocycles. The second-order valence-corrected chi connectivity index (χ2v) is 31.5. The molecule has 8 aromatic rings. The predicted octanol–water partition coefficient (Wildman–Crippen LogP) is 18.6. The molecule has 2 bridgehead atoms. The molecule has 8 aromatic carbocycles. The SMILES string of the molecule is C.CCN(CC)CC#CCOC(=O)C(O)(c1ccccc1)C1CCCCC1.Cc1ccc(O)c([C@H](CCN(C(C)C)C(C)C)c2ccccc2)c1.NC(=O)C(c1ccccc1)(c1ccccc1)C1CCN(CCc2ccc3c(c2)CCO3)C1.O=C(OC1CC2CCC1CC2)N1CCc2ccccc2[C@@H]1c1ccccc1. The molecule has 5 fully saturated rings. The number of aromatic hydroxyl groups is 1. The number of fused-ring (bicyclic) bond motifs is 5. The van der Waals surface area contributed by atoms with E-state index in [0.717, 1.165) is 157 Å². The number of ether oxygens (including phenoxy) is 3. The van der Waals surface area contributed by atoms with Crippen molar-refractivity contribution < 1.29 is 38.8 Å². The molecular formula is C97H123N5O8. The molecule has 584 valence electrons. The third kappa shape index (κ3) is 20.7. The van der Waals surface area contributed by atoms with E-state index in [1.165, 1.54) is 59.1 Å². The highest BCUT2D eigenvalue weighted by molar-refractivity contribution is 5.91. The third-order valence-electron chi connectivity index (χ3n) is 24.2. The summed E-state index contributed by atoms with van der Waals surface area (Å²) in [6, 6.07) is 72.3. The van der Waals surface area contributed by atoms with Crippen LogP contribution >= 0.6 is 0 Å². The largest absolute Gasteiger partial charge is 0.508 e. The van der Waals surface area contributed by atoms with Gasteiger partial charge in [-0.05, 0) is 211 Å². The van der Waals surface area contributed by atoms with Gasteiger partial charge in [0.2, 0.25) is 5.91 Å². The first kappa shape index (κ1) is 83.4. The highest BCUT2D eigenvalue weighted by Gasteiger charge is 2.50. The molecular weight excluding hydrogens is 1360 g/mol. The first-order valence-corrected chi connectivity index (χ1v) is 40.7. The van der Waals surface area contributed by atoms with Gasteiger partial charge in [-0.2, -0.15) is 0 Å². The van der Waals surface area contributed by atoms with Gasteiger partial charge in [-0.25, -0.2) is 9.59 Å². The summed E-state index contributed by atoms with van der Waals surface area (Å²) in [7, 11) is 0. The molecule has 4 N–H and O–H groups in total. The Hall–Kier alpha value is -9.03. The molecule has 1 saturated heterocycles. The first-order valence-electron chi connectivity index (χ1n) is 40.7.